The lowest BCUT2D eigenvalue weighted by molar-refractivity contribution is -0.117. The van der Waals surface area contributed by atoms with Crippen LogP contribution >= 0.6 is 11.6 Å². The predicted octanol–water partition coefficient (Wildman–Crippen LogP) is 2.47. The van der Waals surface area contributed by atoms with Crippen LogP contribution in [0.5, 0.6) is 5.75 Å². The van der Waals surface area contributed by atoms with Crippen molar-refractivity contribution in [3.63, 3.8) is 0 Å². The molecule has 2 aromatic heterocycles. The van der Waals surface area contributed by atoms with E-state index in [-0.39, 0.29) is 12.5 Å². The topological polar surface area (TPSA) is 68.5 Å². The fraction of sp³-hybridized carbons (Fsp3) is 0.118. The van der Waals surface area contributed by atoms with Gasteiger partial charge in [0, 0.05) is 35.1 Å². The molecule has 0 saturated carbocycles. The van der Waals surface area contributed by atoms with E-state index in [4.69, 9.17) is 16.3 Å². The first-order valence-corrected chi connectivity index (χ1v) is 7.77. The summed E-state index contributed by atoms with van der Waals surface area (Å²) in [7, 11) is 0. The van der Waals surface area contributed by atoms with Gasteiger partial charge >= 0.3 is 0 Å². The first kappa shape index (κ1) is 14.7. The third kappa shape index (κ3) is 2.72. The lowest BCUT2D eigenvalue weighted by Gasteiger charge is -2.17. The highest BCUT2D eigenvalue weighted by atomic mass is 35.5. The summed E-state index contributed by atoms with van der Waals surface area (Å²) in [6.07, 6.45) is 7.00. The number of amides is 1. The van der Waals surface area contributed by atoms with Crippen LogP contribution < -0.4 is 10.1 Å². The van der Waals surface area contributed by atoms with E-state index in [1.165, 1.54) is 0 Å². The number of benzene rings is 1. The molecule has 120 valence electrons. The number of nitrogens with one attached hydrogen (secondary N) is 1. The quantitative estimate of drug-likeness (QED) is 0.795. The summed E-state index contributed by atoms with van der Waals surface area (Å²) in [5.74, 6) is 0.540. The Bertz CT molecular complexity index is 964. The van der Waals surface area contributed by atoms with Gasteiger partial charge in [-0.15, -0.1) is 0 Å². The monoisotopic (exact) mass is 340 g/mol. The third-order valence-corrected chi connectivity index (χ3v) is 4.00. The Labute approximate surface area is 142 Å². The number of aromatic nitrogens is 3. The molecule has 0 unspecified atom stereocenters. The second-order valence-electron chi connectivity index (χ2n) is 5.38. The lowest BCUT2D eigenvalue weighted by atomic mass is 10.1. The molecule has 6 nitrogen and oxygen atoms in total. The van der Waals surface area contributed by atoms with Crippen molar-refractivity contribution in [3.8, 4) is 5.75 Å². The van der Waals surface area contributed by atoms with Crippen LogP contribution in [0.2, 0.25) is 5.02 Å². The highest BCUT2D eigenvalue weighted by Gasteiger charge is 2.18. The predicted molar refractivity (Wildman–Crippen MR) is 89.8 cm³/mol. The average molecular weight is 341 g/mol. The molecule has 1 N–H and O–H groups in total. The first-order chi connectivity index (χ1) is 11.7. The Morgan fingerprint density at radius 2 is 2.33 bits per heavy atom. The molecular formula is C17H13ClN4O2. The maximum Gasteiger partial charge on any atom is 0.250 e. The van der Waals surface area contributed by atoms with Gasteiger partial charge in [0.2, 0.25) is 0 Å². The number of fused-ring (bicyclic) bond motifs is 2. The fourth-order valence-corrected chi connectivity index (χ4v) is 2.75. The normalized spacial score (nSPS) is 13.1. The van der Waals surface area contributed by atoms with Crippen molar-refractivity contribution in [2.24, 2.45) is 0 Å². The van der Waals surface area contributed by atoms with E-state index >= 15 is 0 Å². The van der Waals surface area contributed by atoms with Crippen molar-refractivity contribution in [2.75, 3.05) is 6.61 Å². The zero-order valence-corrected chi connectivity index (χ0v) is 13.3. The molecule has 3 heterocycles. The first-order valence-electron chi connectivity index (χ1n) is 7.39. The van der Waals surface area contributed by atoms with Gasteiger partial charge in [-0.05, 0) is 30.3 Å². The number of carbonyl (C=O) groups excluding carboxylic acids is 1. The number of ether oxygens (including phenoxy) is 1. The number of hydrogen-bond donors (Lipinski definition) is 1. The standard InChI is InChI=1S/C17H13ClN4O2/c18-14-2-3-15-11(7-14)6-12(10-24-15)17(23)20-8-13-9-21-22-5-1-4-19-16(13)22/h1-7,9H,8,10H2,(H,20,23). The molecule has 24 heavy (non-hydrogen) atoms. The van der Waals surface area contributed by atoms with Crippen molar-refractivity contribution in [1.82, 2.24) is 19.9 Å². The van der Waals surface area contributed by atoms with Gasteiger partial charge in [0.1, 0.15) is 12.4 Å². The maximum atomic E-state index is 12.4. The number of carbonyl (C=O) groups is 1. The number of rotatable bonds is 3. The molecule has 0 saturated heterocycles. The second kappa shape index (κ2) is 5.98. The molecular weight excluding hydrogens is 328 g/mol. The molecule has 0 aliphatic carbocycles. The van der Waals surface area contributed by atoms with Crippen LogP contribution in [0.1, 0.15) is 11.1 Å². The zero-order chi connectivity index (χ0) is 16.5. The zero-order valence-electron chi connectivity index (χ0n) is 12.6. The summed E-state index contributed by atoms with van der Waals surface area (Å²) in [6.45, 7) is 0.576. The lowest BCUT2D eigenvalue weighted by Crippen LogP contribution is -2.28. The minimum absolute atomic E-state index is 0.184. The molecule has 0 atom stereocenters. The molecule has 0 radical (unpaired) electrons. The van der Waals surface area contributed by atoms with Gasteiger partial charge in [-0.3, -0.25) is 4.79 Å². The van der Waals surface area contributed by atoms with Crippen LogP contribution in [-0.4, -0.2) is 27.1 Å². The SMILES string of the molecule is O=C(NCc1cnn2cccnc12)C1=Cc2cc(Cl)ccc2OC1. The van der Waals surface area contributed by atoms with Gasteiger partial charge in [0.05, 0.1) is 11.8 Å². The molecule has 0 fully saturated rings. The van der Waals surface area contributed by atoms with E-state index in [0.717, 1.165) is 22.5 Å². The van der Waals surface area contributed by atoms with Gasteiger partial charge in [-0.25, -0.2) is 9.50 Å². The smallest absolute Gasteiger partial charge is 0.250 e. The van der Waals surface area contributed by atoms with Crippen LogP contribution in [0.15, 0.2) is 48.4 Å². The molecule has 1 aliphatic rings. The van der Waals surface area contributed by atoms with Gasteiger partial charge in [0.25, 0.3) is 5.91 Å². The molecule has 1 aliphatic heterocycles. The number of halogens is 1. The second-order valence-corrected chi connectivity index (χ2v) is 5.82. The number of nitrogens with zero attached hydrogens (tertiary/aromatic N) is 3. The Morgan fingerprint density at radius 3 is 3.25 bits per heavy atom. The van der Waals surface area contributed by atoms with Gasteiger partial charge < -0.3 is 10.1 Å². The van der Waals surface area contributed by atoms with Crippen LogP contribution in [0.25, 0.3) is 11.7 Å². The van der Waals surface area contributed by atoms with Crippen molar-refractivity contribution in [2.45, 2.75) is 6.54 Å². The largest absolute Gasteiger partial charge is 0.488 e. The summed E-state index contributed by atoms with van der Waals surface area (Å²) < 4.78 is 7.27. The summed E-state index contributed by atoms with van der Waals surface area (Å²) in [5, 5.41) is 7.68. The molecule has 0 bridgehead atoms. The van der Waals surface area contributed by atoms with E-state index < -0.39 is 0 Å². The van der Waals surface area contributed by atoms with E-state index in [1.807, 2.05) is 6.20 Å². The van der Waals surface area contributed by atoms with E-state index in [2.05, 4.69) is 15.4 Å². The minimum Gasteiger partial charge on any atom is -0.488 e. The molecule has 1 amide bonds. The molecule has 4 rings (SSSR count). The van der Waals surface area contributed by atoms with Gasteiger partial charge in [-0.1, -0.05) is 11.6 Å². The third-order valence-electron chi connectivity index (χ3n) is 3.77. The highest BCUT2D eigenvalue weighted by Crippen LogP contribution is 2.28. The van der Waals surface area contributed by atoms with Crippen molar-refractivity contribution in [1.29, 1.82) is 0 Å². The van der Waals surface area contributed by atoms with E-state index in [1.54, 1.807) is 47.3 Å². The van der Waals surface area contributed by atoms with Crippen LogP contribution in [0.4, 0.5) is 0 Å². The van der Waals surface area contributed by atoms with Crippen molar-refractivity contribution in [3.05, 3.63) is 64.6 Å². The Kier molecular flexibility index (Phi) is 3.66. The maximum absolute atomic E-state index is 12.4. The average Bonchev–Trinajstić information content (AvgIpc) is 3.02. The van der Waals surface area contributed by atoms with Gasteiger partial charge in [0.15, 0.2) is 5.65 Å². The molecule has 1 aromatic carbocycles. The molecule has 0 spiro atoms. The molecule has 7 heteroatoms. The van der Waals surface area contributed by atoms with E-state index in [9.17, 15) is 4.79 Å². The highest BCUT2D eigenvalue weighted by molar-refractivity contribution is 6.30. The van der Waals surface area contributed by atoms with Crippen LogP contribution in [0, 0.1) is 0 Å². The fourth-order valence-electron chi connectivity index (χ4n) is 2.57. The summed E-state index contributed by atoms with van der Waals surface area (Å²) >= 11 is 5.99. The molecule has 3 aromatic rings. The summed E-state index contributed by atoms with van der Waals surface area (Å²) in [5.41, 5.74) is 2.93. The Hall–Kier alpha value is -2.86. The summed E-state index contributed by atoms with van der Waals surface area (Å²) in [6, 6.07) is 7.14. The van der Waals surface area contributed by atoms with Crippen LogP contribution in [-0.2, 0) is 11.3 Å². The minimum atomic E-state index is -0.184. The Balaban J connectivity index is 1.51. The van der Waals surface area contributed by atoms with Crippen molar-refractivity contribution >= 4 is 29.2 Å². The van der Waals surface area contributed by atoms with Crippen molar-refractivity contribution < 1.29 is 9.53 Å². The number of hydrogen-bond acceptors (Lipinski definition) is 4. The van der Waals surface area contributed by atoms with Crippen LogP contribution in [0.3, 0.4) is 0 Å². The van der Waals surface area contributed by atoms with E-state index in [0.29, 0.717) is 17.1 Å². The summed E-state index contributed by atoms with van der Waals surface area (Å²) in [4.78, 5) is 16.7. The Morgan fingerprint density at radius 1 is 1.42 bits per heavy atom. The van der Waals surface area contributed by atoms with Gasteiger partial charge in [-0.2, -0.15) is 5.10 Å².